The molecule has 1 aliphatic rings. The van der Waals surface area contributed by atoms with Gasteiger partial charge in [-0.2, -0.15) is 8.75 Å². The minimum atomic E-state index is -0.0682. The molecular weight excluding hydrogens is 420 g/mol. The summed E-state index contributed by atoms with van der Waals surface area (Å²) in [5, 5.41) is 3.03. The Hall–Kier alpha value is -3.29. The fraction of sp³-hybridized carbons (Fsp3) is 0.240. The molecule has 7 heteroatoms. The van der Waals surface area contributed by atoms with Gasteiger partial charge in [0.05, 0.1) is 11.7 Å². The number of carbonyl (C=O) groups excluding carboxylic acids is 1. The molecule has 1 unspecified atom stereocenters. The molecule has 2 heterocycles. The number of aromatic nitrogens is 2. The minimum absolute atomic E-state index is 0.0382. The van der Waals surface area contributed by atoms with Crippen molar-refractivity contribution in [1.82, 2.24) is 19.0 Å². The molecule has 1 N–H and O–H groups in total. The summed E-state index contributed by atoms with van der Waals surface area (Å²) in [6, 6.07) is 24.3. The van der Waals surface area contributed by atoms with Gasteiger partial charge in [0.15, 0.2) is 0 Å². The molecule has 32 heavy (non-hydrogen) atoms. The predicted molar refractivity (Wildman–Crippen MR) is 125 cm³/mol. The Bertz CT molecular complexity index is 1210. The van der Waals surface area contributed by atoms with Crippen LogP contribution in [-0.2, 0) is 17.9 Å². The summed E-state index contributed by atoms with van der Waals surface area (Å²) in [5.41, 5.74) is 5.08. The van der Waals surface area contributed by atoms with Crippen molar-refractivity contribution in [2.45, 2.75) is 25.6 Å². The maximum Gasteiger partial charge on any atom is 0.221 e. The highest BCUT2D eigenvalue weighted by Crippen LogP contribution is 2.31. The van der Waals surface area contributed by atoms with Crippen LogP contribution in [0.15, 0.2) is 72.8 Å². The minimum Gasteiger partial charge on any atom is -0.484 e. The van der Waals surface area contributed by atoms with Crippen LogP contribution in [0.1, 0.15) is 29.2 Å². The fourth-order valence-electron chi connectivity index (χ4n) is 3.98. The first-order valence-electron chi connectivity index (χ1n) is 10.7. The van der Waals surface area contributed by atoms with E-state index in [1.807, 2.05) is 54.6 Å². The summed E-state index contributed by atoms with van der Waals surface area (Å²) in [7, 11) is 0. The number of ether oxygens (including phenoxy) is 1. The highest BCUT2D eigenvalue weighted by molar-refractivity contribution is 7.00. The van der Waals surface area contributed by atoms with Crippen LogP contribution in [0.3, 0.4) is 0 Å². The van der Waals surface area contributed by atoms with Gasteiger partial charge in [-0.1, -0.05) is 54.6 Å². The van der Waals surface area contributed by atoms with Crippen molar-refractivity contribution in [2.75, 3.05) is 13.1 Å². The molecule has 0 radical (unpaired) electrons. The number of para-hydroxylation sites is 1. The molecule has 4 aromatic rings. The molecule has 0 bridgehead atoms. The Balaban J connectivity index is 1.22. The zero-order valence-electron chi connectivity index (χ0n) is 17.6. The van der Waals surface area contributed by atoms with Crippen molar-refractivity contribution >= 4 is 28.7 Å². The summed E-state index contributed by atoms with van der Waals surface area (Å²) >= 11 is 1.20. The van der Waals surface area contributed by atoms with Crippen molar-refractivity contribution < 1.29 is 9.53 Å². The number of hydrogen-bond donors (Lipinski definition) is 1. The lowest BCUT2D eigenvalue weighted by Crippen LogP contribution is -2.33. The zero-order valence-corrected chi connectivity index (χ0v) is 18.4. The standard InChI is InChI=1S/C25H24N4O2S/c30-25(26-15-18-10-11-21-22(14-18)28-32-27-21)12-13-29-16-20-8-4-5-9-23(20)31-24(17-29)19-6-2-1-3-7-19/h1-11,14,24H,12-13,15-17H2,(H,26,30). The maximum atomic E-state index is 12.6. The van der Waals surface area contributed by atoms with Crippen LogP contribution in [0.5, 0.6) is 5.75 Å². The Morgan fingerprint density at radius 3 is 2.75 bits per heavy atom. The third-order valence-corrected chi connectivity index (χ3v) is 6.25. The molecule has 0 aliphatic carbocycles. The number of carbonyl (C=O) groups is 1. The molecule has 0 fully saturated rings. The van der Waals surface area contributed by atoms with Gasteiger partial charge in [-0.3, -0.25) is 9.69 Å². The molecule has 162 valence electrons. The van der Waals surface area contributed by atoms with Gasteiger partial charge in [0, 0.05) is 38.2 Å². The lowest BCUT2D eigenvalue weighted by molar-refractivity contribution is -0.121. The molecule has 1 aliphatic heterocycles. The Kier molecular flexibility index (Phi) is 6.09. The van der Waals surface area contributed by atoms with Gasteiger partial charge >= 0.3 is 0 Å². The van der Waals surface area contributed by atoms with Crippen LogP contribution >= 0.6 is 11.7 Å². The van der Waals surface area contributed by atoms with Crippen LogP contribution in [-0.4, -0.2) is 32.6 Å². The molecule has 0 saturated heterocycles. The lowest BCUT2D eigenvalue weighted by Gasteiger charge is -2.24. The van der Waals surface area contributed by atoms with Gasteiger partial charge in [0.2, 0.25) is 5.91 Å². The van der Waals surface area contributed by atoms with E-state index in [1.165, 1.54) is 11.7 Å². The van der Waals surface area contributed by atoms with Gasteiger partial charge in [-0.15, -0.1) is 0 Å². The van der Waals surface area contributed by atoms with Crippen LogP contribution in [0.2, 0.25) is 0 Å². The third-order valence-electron chi connectivity index (χ3n) is 5.69. The highest BCUT2D eigenvalue weighted by atomic mass is 32.1. The van der Waals surface area contributed by atoms with Crippen molar-refractivity contribution in [3.05, 3.63) is 89.5 Å². The molecule has 0 spiro atoms. The van der Waals surface area contributed by atoms with E-state index in [4.69, 9.17) is 4.74 Å². The molecule has 1 amide bonds. The fourth-order valence-corrected chi connectivity index (χ4v) is 4.50. The first-order valence-corrected chi connectivity index (χ1v) is 11.5. The Morgan fingerprint density at radius 2 is 1.84 bits per heavy atom. The van der Waals surface area contributed by atoms with E-state index < -0.39 is 0 Å². The Morgan fingerprint density at radius 1 is 1.03 bits per heavy atom. The first-order chi connectivity index (χ1) is 15.7. The predicted octanol–water partition coefficient (Wildman–Crippen LogP) is 4.33. The summed E-state index contributed by atoms with van der Waals surface area (Å²) in [4.78, 5) is 14.9. The number of rotatable bonds is 6. The van der Waals surface area contributed by atoms with Crippen molar-refractivity contribution in [3.8, 4) is 5.75 Å². The van der Waals surface area contributed by atoms with E-state index >= 15 is 0 Å². The SMILES string of the molecule is O=C(CCN1Cc2ccccc2OC(c2ccccc2)C1)NCc1ccc2nsnc2c1. The first kappa shape index (κ1) is 20.6. The number of nitrogens with one attached hydrogen (secondary N) is 1. The molecule has 0 saturated carbocycles. The molecule has 3 aromatic carbocycles. The van der Waals surface area contributed by atoms with Gasteiger partial charge in [-0.25, -0.2) is 0 Å². The lowest BCUT2D eigenvalue weighted by atomic mass is 10.1. The van der Waals surface area contributed by atoms with E-state index in [1.54, 1.807) is 0 Å². The number of fused-ring (bicyclic) bond motifs is 2. The molecule has 6 nitrogen and oxygen atoms in total. The molecule has 5 rings (SSSR count). The maximum absolute atomic E-state index is 12.6. The number of hydrogen-bond acceptors (Lipinski definition) is 6. The average molecular weight is 445 g/mol. The van der Waals surface area contributed by atoms with Crippen LogP contribution in [0.4, 0.5) is 0 Å². The number of nitrogens with zero attached hydrogens (tertiary/aromatic N) is 3. The second-order valence-corrected chi connectivity index (χ2v) is 8.50. The van der Waals surface area contributed by atoms with Crippen LogP contribution < -0.4 is 10.1 Å². The Labute approximate surface area is 191 Å². The van der Waals surface area contributed by atoms with Crippen LogP contribution in [0.25, 0.3) is 11.0 Å². The van der Waals surface area contributed by atoms with E-state index in [-0.39, 0.29) is 12.0 Å². The van der Waals surface area contributed by atoms with E-state index in [0.717, 1.165) is 46.6 Å². The highest BCUT2D eigenvalue weighted by Gasteiger charge is 2.24. The average Bonchev–Trinajstić information content (AvgIpc) is 3.21. The van der Waals surface area contributed by atoms with Crippen molar-refractivity contribution in [2.24, 2.45) is 0 Å². The quantitative estimate of drug-likeness (QED) is 0.479. The van der Waals surface area contributed by atoms with Crippen molar-refractivity contribution in [3.63, 3.8) is 0 Å². The summed E-state index contributed by atoms with van der Waals surface area (Å²) in [6.45, 7) is 2.66. The summed E-state index contributed by atoms with van der Waals surface area (Å²) < 4.78 is 14.8. The van der Waals surface area contributed by atoms with E-state index in [0.29, 0.717) is 19.5 Å². The third kappa shape index (κ3) is 4.79. The number of amides is 1. The van der Waals surface area contributed by atoms with Gasteiger partial charge in [0.1, 0.15) is 22.9 Å². The summed E-state index contributed by atoms with van der Waals surface area (Å²) in [5.74, 6) is 0.955. The van der Waals surface area contributed by atoms with Gasteiger partial charge in [0.25, 0.3) is 0 Å². The van der Waals surface area contributed by atoms with E-state index in [2.05, 4.69) is 37.2 Å². The monoisotopic (exact) mass is 444 g/mol. The van der Waals surface area contributed by atoms with Gasteiger partial charge < -0.3 is 10.1 Å². The van der Waals surface area contributed by atoms with E-state index in [9.17, 15) is 4.79 Å². The van der Waals surface area contributed by atoms with Crippen LogP contribution in [0, 0.1) is 0 Å². The largest absolute Gasteiger partial charge is 0.484 e. The second-order valence-electron chi connectivity index (χ2n) is 7.97. The smallest absolute Gasteiger partial charge is 0.221 e. The summed E-state index contributed by atoms with van der Waals surface area (Å²) in [6.07, 6.45) is 0.367. The molecule has 1 aromatic heterocycles. The molecular formula is C25H24N4O2S. The normalized spacial score (nSPS) is 16.2. The van der Waals surface area contributed by atoms with Gasteiger partial charge in [-0.05, 0) is 29.3 Å². The van der Waals surface area contributed by atoms with Crippen molar-refractivity contribution in [1.29, 1.82) is 0 Å². The second kappa shape index (κ2) is 9.46. The number of benzene rings is 3. The topological polar surface area (TPSA) is 67.3 Å². The molecule has 1 atom stereocenters. The zero-order chi connectivity index (χ0) is 21.8.